The number of likely N-dealkylation sites (N-methyl/N-ethyl adjacent to an activating group) is 2. The molecule has 0 fully saturated rings. The maximum Gasteiger partial charge on any atom is 0.236 e. The van der Waals surface area contributed by atoms with Gasteiger partial charge in [-0.25, -0.2) is 0 Å². The summed E-state index contributed by atoms with van der Waals surface area (Å²) < 4.78 is 0. The summed E-state index contributed by atoms with van der Waals surface area (Å²) in [6.07, 6.45) is 5.49. The van der Waals surface area contributed by atoms with E-state index in [1.807, 2.05) is 12.2 Å². The molecule has 7 heteroatoms. The van der Waals surface area contributed by atoms with Crippen molar-refractivity contribution in [3.05, 3.63) is 12.2 Å². The highest BCUT2D eigenvalue weighted by atomic mass is 16.2. The molecule has 0 aromatic carbocycles. The van der Waals surface area contributed by atoms with Crippen LogP contribution in [0.2, 0.25) is 0 Å². The number of nitrogens with one attached hydrogen (secondary N) is 4. The van der Waals surface area contributed by atoms with Crippen molar-refractivity contribution in [1.82, 2.24) is 21.3 Å². The van der Waals surface area contributed by atoms with E-state index in [0.717, 1.165) is 0 Å². The molecule has 0 saturated heterocycles. The maximum absolute atomic E-state index is 11.6. The lowest BCUT2D eigenvalue weighted by Gasteiger charge is -2.13. The average molecular weight is 298 g/mol. The van der Waals surface area contributed by atoms with Crippen LogP contribution in [0.15, 0.2) is 12.2 Å². The molecule has 1 unspecified atom stereocenters. The van der Waals surface area contributed by atoms with Gasteiger partial charge in [0.05, 0.1) is 6.04 Å². The third-order valence-corrected chi connectivity index (χ3v) is 2.97. The monoisotopic (exact) mass is 298 g/mol. The molecule has 0 spiro atoms. The zero-order valence-electron chi connectivity index (χ0n) is 13.0. The summed E-state index contributed by atoms with van der Waals surface area (Å²) in [7, 11) is 4.85. The first kappa shape index (κ1) is 19.1. The molecule has 0 heterocycles. The SMILES string of the molecule is CNC(=O)CCC=CCNC(=O)CCC(NC)C(=O)NC. The van der Waals surface area contributed by atoms with Crippen molar-refractivity contribution in [2.24, 2.45) is 0 Å². The van der Waals surface area contributed by atoms with Gasteiger partial charge in [0.2, 0.25) is 17.7 Å². The summed E-state index contributed by atoms with van der Waals surface area (Å²) in [4.78, 5) is 34.0. The summed E-state index contributed by atoms with van der Waals surface area (Å²) in [5, 5.41) is 10.7. The van der Waals surface area contributed by atoms with Crippen LogP contribution in [0.1, 0.15) is 25.7 Å². The Hall–Kier alpha value is -1.89. The first-order chi connectivity index (χ1) is 10.0. The van der Waals surface area contributed by atoms with Crippen molar-refractivity contribution in [3.8, 4) is 0 Å². The standard InChI is InChI=1S/C14H26N4O3/c1-15-11(14(21)17-3)8-9-13(20)18-10-6-4-5-7-12(19)16-2/h4,6,11,15H,5,7-10H2,1-3H3,(H,16,19)(H,17,21)(H,18,20). The fraction of sp³-hybridized carbons (Fsp3) is 0.643. The van der Waals surface area contributed by atoms with E-state index in [1.165, 1.54) is 0 Å². The van der Waals surface area contributed by atoms with Gasteiger partial charge >= 0.3 is 0 Å². The largest absolute Gasteiger partial charge is 0.359 e. The molecule has 4 N–H and O–H groups in total. The molecule has 0 aliphatic heterocycles. The average Bonchev–Trinajstić information content (AvgIpc) is 2.50. The fourth-order valence-corrected chi connectivity index (χ4v) is 1.66. The smallest absolute Gasteiger partial charge is 0.236 e. The van der Waals surface area contributed by atoms with Crippen molar-refractivity contribution in [2.75, 3.05) is 27.7 Å². The number of allylic oxidation sites excluding steroid dienone is 1. The molecular formula is C14H26N4O3. The molecule has 7 nitrogen and oxygen atoms in total. The molecule has 3 amide bonds. The van der Waals surface area contributed by atoms with Crippen LogP contribution in [-0.4, -0.2) is 51.5 Å². The second-order valence-electron chi connectivity index (χ2n) is 4.48. The van der Waals surface area contributed by atoms with Crippen LogP contribution in [0.5, 0.6) is 0 Å². The van der Waals surface area contributed by atoms with Crippen LogP contribution >= 0.6 is 0 Å². The van der Waals surface area contributed by atoms with Crippen LogP contribution < -0.4 is 21.3 Å². The molecule has 0 aromatic rings. The predicted octanol–water partition coefficient (Wildman–Crippen LogP) is -0.701. The van der Waals surface area contributed by atoms with E-state index in [2.05, 4.69) is 21.3 Å². The molecule has 0 aliphatic rings. The fourth-order valence-electron chi connectivity index (χ4n) is 1.66. The Morgan fingerprint density at radius 2 is 1.67 bits per heavy atom. The first-order valence-electron chi connectivity index (χ1n) is 7.06. The Morgan fingerprint density at radius 3 is 2.24 bits per heavy atom. The third-order valence-electron chi connectivity index (χ3n) is 2.97. The normalized spacial score (nSPS) is 12.0. The van der Waals surface area contributed by atoms with Gasteiger partial charge < -0.3 is 21.3 Å². The lowest BCUT2D eigenvalue weighted by atomic mass is 10.1. The van der Waals surface area contributed by atoms with Gasteiger partial charge in [-0.05, 0) is 19.9 Å². The maximum atomic E-state index is 11.6. The van der Waals surface area contributed by atoms with E-state index in [0.29, 0.717) is 25.8 Å². The van der Waals surface area contributed by atoms with E-state index in [9.17, 15) is 14.4 Å². The predicted molar refractivity (Wildman–Crippen MR) is 81.6 cm³/mol. The van der Waals surface area contributed by atoms with Crippen molar-refractivity contribution >= 4 is 17.7 Å². The zero-order valence-corrected chi connectivity index (χ0v) is 13.0. The van der Waals surface area contributed by atoms with Crippen LogP contribution in [0, 0.1) is 0 Å². The minimum atomic E-state index is -0.358. The van der Waals surface area contributed by atoms with E-state index >= 15 is 0 Å². The van der Waals surface area contributed by atoms with E-state index in [4.69, 9.17) is 0 Å². The summed E-state index contributed by atoms with van der Waals surface area (Å²) in [6, 6.07) is -0.358. The van der Waals surface area contributed by atoms with Crippen LogP contribution in [-0.2, 0) is 14.4 Å². The van der Waals surface area contributed by atoms with Crippen LogP contribution in [0.3, 0.4) is 0 Å². The van der Waals surface area contributed by atoms with E-state index in [-0.39, 0.29) is 30.2 Å². The Kier molecular flexibility index (Phi) is 10.8. The summed E-state index contributed by atoms with van der Waals surface area (Å²) in [5.41, 5.74) is 0. The Balaban J connectivity index is 3.78. The second-order valence-corrected chi connectivity index (χ2v) is 4.48. The lowest BCUT2D eigenvalue weighted by molar-refractivity contribution is -0.124. The third kappa shape index (κ3) is 9.61. The Morgan fingerprint density at radius 1 is 0.952 bits per heavy atom. The van der Waals surface area contributed by atoms with E-state index in [1.54, 1.807) is 21.1 Å². The van der Waals surface area contributed by atoms with Crippen molar-refractivity contribution in [2.45, 2.75) is 31.7 Å². The molecule has 120 valence electrons. The van der Waals surface area contributed by atoms with Crippen molar-refractivity contribution in [3.63, 3.8) is 0 Å². The van der Waals surface area contributed by atoms with E-state index < -0.39 is 0 Å². The molecule has 0 aliphatic carbocycles. The number of hydrogen-bond donors (Lipinski definition) is 4. The minimum absolute atomic E-state index is 0.00371. The molecule has 1 atom stereocenters. The quantitative estimate of drug-likeness (QED) is 0.401. The van der Waals surface area contributed by atoms with Crippen LogP contribution in [0.4, 0.5) is 0 Å². The molecule has 0 aromatic heterocycles. The Bertz CT molecular complexity index is 369. The lowest BCUT2D eigenvalue weighted by Crippen LogP contribution is -2.41. The molecule has 0 saturated carbocycles. The first-order valence-corrected chi connectivity index (χ1v) is 7.06. The van der Waals surface area contributed by atoms with Gasteiger partial charge in [0.25, 0.3) is 0 Å². The summed E-state index contributed by atoms with van der Waals surface area (Å²) in [5.74, 6) is -0.231. The Labute approximate surface area is 125 Å². The topological polar surface area (TPSA) is 99.3 Å². The summed E-state index contributed by atoms with van der Waals surface area (Å²) in [6.45, 7) is 0.427. The van der Waals surface area contributed by atoms with Crippen molar-refractivity contribution in [1.29, 1.82) is 0 Å². The zero-order chi connectivity index (χ0) is 16.1. The number of carbonyl (C=O) groups is 3. The number of carbonyl (C=O) groups excluding carboxylic acids is 3. The van der Waals surface area contributed by atoms with Gasteiger partial charge in [0.1, 0.15) is 0 Å². The van der Waals surface area contributed by atoms with Gasteiger partial charge in [-0.15, -0.1) is 0 Å². The molecule has 0 rings (SSSR count). The molecule has 21 heavy (non-hydrogen) atoms. The summed E-state index contributed by atoms with van der Waals surface area (Å²) >= 11 is 0. The highest BCUT2D eigenvalue weighted by Crippen LogP contribution is 1.97. The van der Waals surface area contributed by atoms with Gasteiger partial charge in [-0.2, -0.15) is 0 Å². The number of hydrogen-bond acceptors (Lipinski definition) is 4. The van der Waals surface area contributed by atoms with Gasteiger partial charge in [0.15, 0.2) is 0 Å². The number of rotatable bonds is 10. The molecule has 0 radical (unpaired) electrons. The van der Waals surface area contributed by atoms with Gasteiger partial charge in [-0.3, -0.25) is 14.4 Å². The highest BCUT2D eigenvalue weighted by Gasteiger charge is 2.15. The second kappa shape index (κ2) is 11.9. The van der Waals surface area contributed by atoms with Crippen LogP contribution in [0.25, 0.3) is 0 Å². The van der Waals surface area contributed by atoms with Gasteiger partial charge in [0, 0.05) is 33.5 Å². The van der Waals surface area contributed by atoms with Gasteiger partial charge in [-0.1, -0.05) is 12.2 Å². The number of amides is 3. The minimum Gasteiger partial charge on any atom is -0.359 e. The molecule has 0 bridgehead atoms. The molecular weight excluding hydrogens is 272 g/mol. The van der Waals surface area contributed by atoms with Crippen molar-refractivity contribution < 1.29 is 14.4 Å². The highest BCUT2D eigenvalue weighted by molar-refractivity contribution is 5.82.